The predicted octanol–water partition coefficient (Wildman–Crippen LogP) is 2.39. The average Bonchev–Trinajstić information content (AvgIpc) is 2.92. The fraction of sp³-hybridized carbons (Fsp3) is 0.188. The van der Waals surface area contributed by atoms with Gasteiger partial charge in [0.1, 0.15) is 0 Å². The molecule has 0 saturated carbocycles. The second-order valence-corrected chi connectivity index (χ2v) is 6.92. The quantitative estimate of drug-likeness (QED) is 0.874. The first-order chi connectivity index (χ1) is 10.1. The Labute approximate surface area is 124 Å². The molecule has 2 aromatic rings. The van der Waals surface area contributed by atoms with Crippen LogP contribution in [0.25, 0.3) is 0 Å². The van der Waals surface area contributed by atoms with E-state index >= 15 is 0 Å². The first-order valence-electron chi connectivity index (χ1n) is 6.74. The van der Waals surface area contributed by atoms with E-state index in [-0.39, 0.29) is 29.7 Å². The molecule has 1 atom stereocenters. The van der Waals surface area contributed by atoms with Crippen molar-refractivity contribution in [3.63, 3.8) is 0 Å². The molecule has 1 saturated heterocycles. The Kier molecular flexibility index (Phi) is 3.51. The molecule has 5 heteroatoms. The van der Waals surface area contributed by atoms with Gasteiger partial charge in [0.15, 0.2) is 0 Å². The fourth-order valence-electron chi connectivity index (χ4n) is 2.58. The Hall–Kier alpha value is -2.14. The fourth-order valence-corrected chi connectivity index (χ4v) is 4.05. The van der Waals surface area contributed by atoms with Crippen LogP contribution in [0.5, 0.6) is 0 Å². The summed E-state index contributed by atoms with van der Waals surface area (Å²) in [6.07, 6.45) is 0.232. The zero-order valence-corrected chi connectivity index (χ0v) is 12.2. The van der Waals surface area contributed by atoms with Crippen LogP contribution in [0.2, 0.25) is 0 Å². The number of carbonyl (C=O) groups is 1. The van der Waals surface area contributed by atoms with Crippen molar-refractivity contribution in [3.05, 3.63) is 66.2 Å². The summed E-state index contributed by atoms with van der Waals surface area (Å²) in [6.45, 7) is 0.208. The van der Waals surface area contributed by atoms with Crippen LogP contribution < -0.4 is 0 Å². The zero-order chi connectivity index (χ0) is 14.9. The van der Waals surface area contributed by atoms with Crippen molar-refractivity contribution >= 4 is 15.9 Å². The maximum Gasteiger partial charge on any atom is 0.266 e. The maximum atomic E-state index is 12.5. The van der Waals surface area contributed by atoms with E-state index in [0.717, 1.165) is 9.87 Å². The van der Waals surface area contributed by atoms with Crippen LogP contribution in [-0.4, -0.2) is 25.2 Å². The number of carbonyl (C=O) groups excluding carboxylic acids is 1. The molecule has 0 bridgehead atoms. The minimum absolute atomic E-state index is 0.0720. The lowest BCUT2D eigenvalue weighted by Gasteiger charge is -2.17. The SMILES string of the molecule is O=C1C[C@H](c2ccccc2)CN1S(=O)(=O)c1ccccc1. The molecule has 108 valence electrons. The highest BCUT2D eigenvalue weighted by Crippen LogP contribution is 2.31. The van der Waals surface area contributed by atoms with Gasteiger partial charge < -0.3 is 0 Å². The van der Waals surface area contributed by atoms with Crippen LogP contribution in [0.1, 0.15) is 17.9 Å². The highest BCUT2D eigenvalue weighted by molar-refractivity contribution is 7.89. The first kappa shape index (κ1) is 13.8. The van der Waals surface area contributed by atoms with Crippen molar-refractivity contribution in [1.82, 2.24) is 4.31 Å². The smallest absolute Gasteiger partial charge is 0.266 e. The highest BCUT2D eigenvalue weighted by Gasteiger charge is 2.38. The summed E-state index contributed by atoms with van der Waals surface area (Å²) >= 11 is 0. The van der Waals surface area contributed by atoms with E-state index in [1.54, 1.807) is 18.2 Å². The first-order valence-corrected chi connectivity index (χ1v) is 8.18. The van der Waals surface area contributed by atoms with Crippen LogP contribution in [0.3, 0.4) is 0 Å². The summed E-state index contributed by atoms with van der Waals surface area (Å²) in [5.41, 5.74) is 0.997. The molecular weight excluding hydrogens is 286 g/mol. The summed E-state index contributed by atoms with van der Waals surface area (Å²) in [5, 5.41) is 0. The third-order valence-corrected chi connectivity index (χ3v) is 5.49. The van der Waals surface area contributed by atoms with E-state index in [0.29, 0.717) is 0 Å². The van der Waals surface area contributed by atoms with Gasteiger partial charge in [0.2, 0.25) is 5.91 Å². The summed E-state index contributed by atoms with van der Waals surface area (Å²) in [6, 6.07) is 17.6. The molecule has 0 N–H and O–H groups in total. The molecule has 1 aliphatic heterocycles. The number of nitrogens with zero attached hydrogens (tertiary/aromatic N) is 1. The molecule has 2 aromatic carbocycles. The molecule has 0 aliphatic carbocycles. The molecule has 0 spiro atoms. The number of benzene rings is 2. The molecule has 0 aromatic heterocycles. The zero-order valence-electron chi connectivity index (χ0n) is 11.3. The van der Waals surface area contributed by atoms with Crippen LogP contribution in [0.4, 0.5) is 0 Å². The Morgan fingerprint density at radius 2 is 1.48 bits per heavy atom. The van der Waals surface area contributed by atoms with E-state index in [4.69, 9.17) is 0 Å². The second kappa shape index (κ2) is 5.33. The van der Waals surface area contributed by atoms with Crippen LogP contribution in [0.15, 0.2) is 65.6 Å². The number of amides is 1. The Morgan fingerprint density at radius 1 is 0.905 bits per heavy atom. The number of hydrogen-bond donors (Lipinski definition) is 0. The van der Waals surface area contributed by atoms with Gasteiger partial charge in [0.25, 0.3) is 10.0 Å². The van der Waals surface area contributed by atoms with Gasteiger partial charge in [-0.1, -0.05) is 48.5 Å². The standard InChI is InChI=1S/C16H15NO3S/c18-16-11-14(13-7-3-1-4-8-13)12-17(16)21(19,20)15-9-5-2-6-10-15/h1-10,14H,11-12H2/t14-/m0/s1. The normalized spacial score (nSPS) is 19.0. The van der Waals surface area contributed by atoms with Gasteiger partial charge in [-0.3, -0.25) is 4.79 Å². The molecule has 0 unspecified atom stereocenters. The molecule has 4 nitrogen and oxygen atoms in total. The third-order valence-electron chi connectivity index (χ3n) is 3.69. The van der Waals surface area contributed by atoms with Gasteiger partial charge in [-0.2, -0.15) is 0 Å². The van der Waals surface area contributed by atoms with E-state index in [2.05, 4.69) is 0 Å². The lowest BCUT2D eigenvalue weighted by molar-refractivity contribution is -0.123. The Bertz CT molecular complexity index is 742. The number of sulfonamides is 1. The summed E-state index contributed by atoms with van der Waals surface area (Å²) in [5.74, 6) is -0.412. The van der Waals surface area contributed by atoms with Gasteiger partial charge in [-0.15, -0.1) is 0 Å². The molecule has 21 heavy (non-hydrogen) atoms. The minimum Gasteiger partial charge on any atom is -0.274 e. The number of hydrogen-bond acceptors (Lipinski definition) is 3. The maximum absolute atomic E-state index is 12.5. The molecule has 1 aliphatic rings. The summed E-state index contributed by atoms with van der Waals surface area (Å²) < 4.78 is 26.1. The number of rotatable bonds is 3. The summed E-state index contributed by atoms with van der Waals surface area (Å²) in [4.78, 5) is 12.3. The minimum atomic E-state index is -3.75. The van der Waals surface area contributed by atoms with Crippen LogP contribution in [-0.2, 0) is 14.8 Å². The second-order valence-electron chi connectivity index (χ2n) is 5.05. The van der Waals surface area contributed by atoms with E-state index < -0.39 is 10.0 Å². The van der Waals surface area contributed by atoms with Crippen molar-refractivity contribution in [2.24, 2.45) is 0 Å². The monoisotopic (exact) mass is 301 g/mol. The average molecular weight is 301 g/mol. The lowest BCUT2D eigenvalue weighted by Crippen LogP contribution is -2.32. The lowest BCUT2D eigenvalue weighted by atomic mass is 9.99. The molecule has 1 heterocycles. The van der Waals surface area contributed by atoms with Gasteiger partial charge >= 0.3 is 0 Å². The van der Waals surface area contributed by atoms with Crippen molar-refractivity contribution < 1.29 is 13.2 Å². The predicted molar refractivity (Wildman–Crippen MR) is 79.1 cm³/mol. The van der Waals surface area contributed by atoms with E-state index in [1.165, 1.54) is 12.1 Å². The van der Waals surface area contributed by atoms with Crippen molar-refractivity contribution in [2.75, 3.05) is 6.54 Å². The van der Waals surface area contributed by atoms with Gasteiger partial charge in [-0.05, 0) is 17.7 Å². The molecule has 1 amide bonds. The van der Waals surface area contributed by atoms with E-state index in [9.17, 15) is 13.2 Å². The van der Waals surface area contributed by atoms with Crippen molar-refractivity contribution in [2.45, 2.75) is 17.2 Å². The topological polar surface area (TPSA) is 54.5 Å². The Morgan fingerprint density at radius 3 is 2.10 bits per heavy atom. The molecule has 3 rings (SSSR count). The molecule has 0 radical (unpaired) electrons. The molecule has 1 fully saturated rings. The van der Waals surface area contributed by atoms with Crippen molar-refractivity contribution in [3.8, 4) is 0 Å². The Balaban J connectivity index is 1.89. The van der Waals surface area contributed by atoms with E-state index in [1.807, 2.05) is 30.3 Å². The third kappa shape index (κ3) is 2.56. The van der Waals surface area contributed by atoms with Gasteiger partial charge in [0, 0.05) is 18.9 Å². The largest absolute Gasteiger partial charge is 0.274 e. The highest BCUT2D eigenvalue weighted by atomic mass is 32.2. The van der Waals surface area contributed by atoms with Crippen molar-refractivity contribution in [1.29, 1.82) is 0 Å². The molecular formula is C16H15NO3S. The van der Waals surface area contributed by atoms with Gasteiger partial charge in [0.05, 0.1) is 4.90 Å². The van der Waals surface area contributed by atoms with Gasteiger partial charge in [-0.25, -0.2) is 12.7 Å². The summed E-state index contributed by atoms with van der Waals surface area (Å²) in [7, 11) is -3.75. The van der Waals surface area contributed by atoms with Crippen LogP contribution in [0, 0.1) is 0 Å². The van der Waals surface area contributed by atoms with Crippen LogP contribution >= 0.6 is 0 Å².